The van der Waals surface area contributed by atoms with Crippen LogP contribution >= 0.6 is 11.3 Å². The van der Waals surface area contributed by atoms with Crippen molar-refractivity contribution < 1.29 is 4.79 Å². The van der Waals surface area contributed by atoms with E-state index >= 15 is 0 Å². The van der Waals surface area contributed by atoms with E-state index in [1.165, 1.54) is 16.3 Å². The zero-order valence-corrected chi connectivity index (χ0v) is 15.4. The Morgan fingerprint density at radius 2 is 1.96 bits per heavy atom. The van der Waals surface area contributed by atoms with Gasteiger partial charge in [-0.05, 0) is 42.8 Å². The van der Waals surface area contributed by atoms with E-state index in [2.05, 4.69) is 22.5 Å². The second-order valence-corrected chi connectivity index (χ2v) is 7.13. The molecule has 2 aromatic heterocycles. The topological polar surface area (TPSA) is 64.0 Å². The van der Waals surface area contributed by atoms with E-state index in [1.807, 2.05) is 42.6 Å². The Kier molecular flexibility index (Phi) is 5.96. The van der Waals surface area contributed by atoms with Gasteiger partial charge in [-0.1, -0.05) is 36.4 Å². The molecule has 6 heteroatoms. The average molecular weight is 367 g/mol. The minimum atomic E-state index is -0.280. The number of aromatic nitrogens is 2. The zero-order chi connectivity index (χ0) is 18.4. The summed E-state index contributed by atoms with van der Waals surface area (Å²) in [6.07, 6.45) is 1.74. The van der Waals surface area contributed by atoms with Crippen molar-refractivity contribution in [3.05, 3.63) is 75.9 Å². The van der Waals surface area contributed by atoms with Crippen LogP contribution < -0.4 is 10.9 Å². The Labute approximate surface area is 156 Å². The molecule has 0 bridgehead atoms. The van der Waals surface area contributed by atoms with Crippen LogP contribution in [0.25, 0.3) is 10.6 Å². The first-order valence-corrected chi connectivity index (χ1v) is 9.45. The van der Waals surface area contributed by atoms with E-state index in [0.29, 0.717) is 5.69 Å². The Morgan fingerprint density at radius 1 is 1.15 bits per heavy atom. The number of hydrogen-bond donors (Lipinski definition) is 1. The molecule has 0 saturated heterocycles. The molecule has 5 nitrogen and oxygen atoms in total. The number of thiophene rings is 1. The van der Waals surface area contributed by atoms with Gasteiger partial charge < -0.3 is 5.32 Å². The van der Waals surface area contributed by atoms with Gasteiger partial charge in [-0.15, -0.1) is 11.3 Å². The standard InChI is InChI=1S/C20H21N3O2S/c1-15(9-10-16-6-3-2-4-7-16)21-19(24)14-23-20(25)12-11-17(22-23)18-8-5-13-26-18/h2-8,11-13,15H,9-10,14H2,1H3,(H,21,24). The second kappa shape index (κ2) is 8.58. The Balaban J connectivity index is 1.57. The molecule has 0 fully saturated rings. The smallest absolute Gasteiger partial charge is 0.267 e. The highest BCUT2D eigenvalue weighted by molar-refractivity contribution is 7.13. The number of amides is 1. The lowest BCUT2D eigenvalue weighted by atomic mass is 10.1. The van der Waals surface area contributed by atoms with Crippen LogP contribution in [0.3, 0.4) is 0 Å². The van der Waals surface area contributed by atoms with Crippen LogP contribution in [0, 0.1) is 0 Å². The molecule has 1 aromatic carbocycles. The molecule has 134 valence electrons. The number of nitrogens with one attached hydrogen (secondary N) is 1. The first-order chi connectivity index (χ1) is 12.6. The fraction of sp³-hybridized carbons (Fsp3) is 0.250. The molecule has 3 rings (SSSR count). The van der Waals surface area contributed by atoms with Gasteiger partial charge in [-0.2, -0.15) is 5.10 Å². The van der Waals surface area contributed by atoms with Crippen LogP contribution in [0.4, 0.5) is 0 Å². The molecular weight excluding hydrogens is 346 g/mol. The van der Waals surface area contributed by atoms with Crippen molar-refractivity contribution in [2.24, 2.45) is 0 Å². The monoisotopic (exact) mass is 367 g/mol. The Hall–Kier alpha value is -2.73. The van der Waals surface area contributed by atoms with E-state index in [0.717, 1.165) is 17.7 Å². The van der Waals surface area contributed by atoms with E-state index in [1.54, 1.807) is 17.4 Å². The Morgan fingerprint density at radius 3 is 2.69 bits per heavy atom. The van der Waals surface area contributed by atoms with Crippen LogP contribution in [0.5, 0.6) is 0 Å². The van der Waals surface area contributed by atoms with Crippen LogP contribution in [0.2, 0.25) is 0 Å². The molecule has 1 atom stereocenters. The van der Waals surface area contributed by atoms with Crippen LogP contribution in [0.15, 0.2) is 64.8 Å². The van der Waals surface area contributed by atoms with Crippen molar-refractivity contribution in [3.63, 3.8) is 0 Å². The highest BCUT2D eigenvalue weighted by Gasteiger charge is 2.11. The summed E-state index contributed by atoms with van der Waals surface area (Å²) in [5.74, 6) is -0.205. The van der Waals surface area contributed by atoms with Crippen LogP contribution in [0.1, 0.15) is 18.9 Å². The SMILES string of the molecule is CC(CCc1ccccc1)NC(=O)Cn1nc(-c2cccs2)ccc1=O. The van der Waals surface area contributed by atoms with Gasteiger partial charge >= 0.3 is 0 Å². The number of rotatable bonds is 7. The minimum absolute atomic E-state index is 0.0267. The largest absolute Gasteiger partial charge is 0.352 e. The summed E-state index contributed by atoms with van der Waals surface area (Å²) in [7, 11) is 0. The average Bonchev–Trinajstić information content (AvgIpc) is 3.17. The molecule has 0 aliphatic heterocycles. The normalized spacial score (nSPS) is 11.9. The summed E-state index contributed by atoms with van der Waals surface area (Å²) < 4.78 is 1.22. The summed E-state index contributed by atoms with van der Waals surface area (Å²) in [5.41, 5.74) is 1.66. The van der Waals surface area contributed by atoms with Gasteiger partial charge in [0.2, 0.25) is 5.91 Å². The lowest BCUT2D eigenvalue weighted by Gasteiger charge is -2.14. The fourth-order valence-corrected chi connectivity index (χ4v) is 3.36. The molecule has 0 saturated carbocycles. The quantitative estimate of drug-likeness (QED) is 0.698. The van der Waals surface area contributed by atoms with E-state index in [-0.39, 0.29) is 24.1 Å². The molecule has 0 aliphatic rings. The van der Waals surface area contributed by atoms with Crippen molar-refractivity contribution in [2.75, 3.05) is 0 Å². The van der Waals surface area contributed by atoms with Crippen molar-refractivity contribution in [3.8, 4) is 10.6 Å². The highest BCUT2D eigenvalue weighted by atomic mass is 32.1. The summed E-state index contributed by atoms with van der Waals surface area (Å²) in [5, 5.41) is 9.21. The van der Waals surface area contributed by atoms with Crippen molar-refractivity contribution in [1.29, 1.82) is 0 Å². The van der Waals surface area contributed by atoms with Gasteiger partial charge in [-0.25, -0.2) is 4.68 Å². The molecule has 1 unspecified atom stereocenters. The first kappa shape index (κ1) is 18.1. The van der Waals surface area contributed by atoms with Crippen LogP contribution in [-0.2, 0) is 17.8 Å². The molecule has 1 N–H and O–H groups in total. The van der Waals surface area contributed by atoms with Crippen molar-refractivity contribution >= 4 is 17.2 Å². The number of carbonyl (C=O) groups excluding carboxylic acids is 1. The fourth-order valence-electron chi connectivity index (χ4n) is 2.67. The Bertz CT molecular complexity index is 904. The minimum Gasteiger partial charge on any atom is -0.352 e. The summed E-state index contributed by atoms with van der Waals surface area (Å²) in [6.45, 7) is 1.90. The van der Waals surface area contributed by atoms with Crippen molar-refractivity contribution in [2.45, 2.75) is 32.4 Å². The van der Waals surface area contributed by atoms with Crippen molar-refractivity contribution in [1.82, 2.24) is 15.1 Å². The second-order valence-electron chi connectivity index (χ2n) is 6.18. The van der Waals surface area contributed by atoms with E-state index in [9.17, 15) is 9.59 Å². The van der Waals surface area contributed by atoms with Gasteiger partial charge in [0.1, 0.15) is 12.2 Å². The maximum Gasteiger partial charge on any atom is 0.267 e. The number of hydrogen-bond acceptors (Lipinski definition) is 4. The predicted molar refractivity (Wildman–Crippen MR) is 104 cm³/mol. The molecule has 1 amide bonds. The van der Waals surface area contributed by atoms with Gasteiger partial charge in [0, 0.05) is 12.1 Å². The van der Waals surface area contributed by atoms with Gasteiger partial charge in [0.15, 0.2) is 0 Å². The summed E-state index contributed by atoms with van der Waals surface area (Å²) in [4.78, 5) is 25.2. The molecule has 0 radical (unpaired) electrons. The number of carbonyl (C=O) groups is 1. The summed E-state index contributed by atoms with van der Waals surface area (Å²) >= 11 is 1.55. The van der Waals surface area contributed by atoms with E-state index in [4.69, 9.17) is 0 Å². The lowest BCUT2D eigenvalue weighted by molar-refractivity contribution is -0.122. The molecule has 0 aliphatic carbocycles. The summed E-state index contributed by atoms with van der Waals surface area (Å²) in [6, 6.07) is 17.2. The third-order valence-corrected chi connectivity index (χ3v) is 4.94. The predicted octanol–water partition coefficient (Wildman–Crippen LogP) is 3.11. The molecule has 2 heterocycles. The molecule has 26 heavy (non-hydrogen) atoms. The molecular formula is C20H21N3O2S. The highest BCUT2D eigenvalue weighted by Crippen LogP contribution is 2.20. The van der Waals surface area contributed by atoms with E-state index < -0.39 is 0 Å². The van der Waals surface area contributed by atoms with Gasteiger partial charge in [0.05, 0.1) is 4.88 Å². The maximum absolute atomic E-state index is 12.3. The third kappa shape index (κ3) is 4.89. The number of nitrogens with zero attached hydrogens (tertiary/aromatic N) is 2. The van der Waals surface area contributed by atoms with Gasteiger partial charge in [0.25, 0.3) is 5.56 Å². The number of benzene rings is 1. The lowest BCUT2D eigenvalue weighted by Crippen LogP contribution is -2.38. The zero-order valence-electron chi connectivity index (χ0n) is 14.6. The third-order valence-electron chi connectivity index (χ3n) is 4.05. The first-order valence-electron chi connectivity index (χ1n) is 8.57. The van der Waals surface area contributed by atoms with Gasteiger partial charge in [-0.3, -0.25) is 9.59 Å². The van der Waals surface area contributed by atoms with Crippen LogP contribution in [-0.4, -0.2) is 21.7 Å². The molecule has 0 spiro atoms. The maximum atomic E-state index is 12.3. The molecule has 3 aromatic rings. The number of aryl methyl sites for hydroxylation is 1.